The van der Waals surface area contributed by atoms with Crippen LogP contribution in [0.4, 0.5) is 0 Å². The number of rotatable bonds is 6. The Balaban J connectivity index is 2.07. The van der Waals surface area contributed by atoms with E-state index in [0.717, 1.165) is 12.8 Å². The molecule has 0 aliphatic carbocycles. The maximum absolute atomic E-state index is 12.2. The van der Waals surface area contributed by atoms with Gasteiger partial charge in [0.25, 0.3) is 0 Å². The first-order valence-corrected chi connectivity index (χ1v) is 7.76. The van der Waals surface area contributed by atoms with Crippen molar-refractivity contribution in [3.05, 3.63) is 58.1 Å². The molecule has 0 bridgehead atoms. The average Bonchev–Trinajstić information content (AvgIpc) is 2.50. The molecule has 2 aromatic carbocycles. The van der Waals surface area contributed by atoms with Gasteiger partial charge in [-0.3, -0.25) is 0 Å². The zero-order valence-electron chi connectivity index (χ0n) is 12.1. The van der Waals surface area contributed by atoms with Gasteiger partial charge in [0.1, 0.15) is 11.5 Å². The van der Waals surface area contributed by atoms with Crippen molar-refractivity contribution in [1.29, 1.82) is 0 Å². The van der Waals surface area contributed by atoms with Crippen LogP contribution in [0.1, 0.15) is 30.1 Å². The fourth-order valence-electron chi connectivity index (χ4n) is 1.76. The summed E-state index contributed by atoms with van der Waals surface area (Å²) < 4.78 is 10.9. The van der Waals surface area contributed by atoms with E-state index in [9.17, 15) is 4.79 Å². The molecule has 0 fully saturated rings. The summed E-state index contributed by atoms with van der Waals surface area (Å²) in [6.07, 6.45) is 2.02. The van der Waals surface area contributed by atoms with E-state index >= 15 is 0 Å². The lowest BCUT2D eigenvalue weighted by atomic mass is 10.2. The van der Waals surface area contributed by atoms with E-state index in [2.05, 4.69) is 6.92 Å². The molecule has 0 aliphatic rings. The van der Waals surface area contributed by atoms with Gasteiger partial charge in [-0.15, -0.1) is 0 Å². The molecule has 0 spiro atoms. The molecule has 0 N–H and O–H groups in total. The molecule has 5 heteroatoms. The minimum Gasteiger partial charge on any atom is -0.494 e. The van der Waals surface area contributed by atoms with E-state index < -0.39 is 5.97 Å². The SMILES string of the molecule is CCCCOc1cccc(C(=O)Oc2ccc(Cl)cc2Cl)c1. The van der Waals surface area contributed by atoms with Crippen molar-refractivity contribution in [2.24, 2.45) is 0 Å². The van der Waals surface area contributed by atoms with Crippen LogP contribution in [-0.2, 0) is 0 Å². The maximum Gasteiger partial charge on any atom is 0.343 e. The normalized spacial score (nSPS) is 10.3. The molecule has 0 saturated carbocycles. The summed E-state index contributed by atoms with van der Waals surface area (Å²) in [6, 6.07) is 11.6. The van der Waals surface area contributed by atoms with Crippen LogP contribution in [0.5, 0.6) is 11.5 Å². The zero-order valence-corrected chi connectivity index (χ0v) is 13.7. The number of esters is 1. The number of hydrogen-bond acceptors (Lipinski definition) is 3. The molecule has 0 unspecified atom stereocenters. The van der Waals surface area contributed by atoms with Gasteiger partial charge in [0.2, 0.25) is 0 Å². The lowest BCUT2D eigenvalue weighted by Gasteiger charge is -2.09. The van der Waals surface area contributed by atoms with Gasteiger partial charge in [0.05, 0.1) is 17.2 Å². The largest absolute Gasteiger partial charge is 0.494 e. The highest BCUT2D eigenvalue weighted by Crippen LogP contribution is 2.28. The second-order valence-electron chi connectivity index (χ2n) is 4.69. The first kappa shape index (κ1) is 16.7. The molecule has 0 aliphatic heterocycles. The van der Waals surface area contributed by atoms with Crippen molar-refractivity contribution in [3.8, 4) is 11.5 Å². The van der Waals surface area contributed by atoms with Crippen LogP contribution in [0, 0.1) is 0 Å². The minimum atomic E-state index is -0.495. The Morgan fingerprint density at radius 3 is 2.68 bits per heavy atom. The van der Waals surface area contributed by atoms with Gasteiger partial charge in [-0.05, 0) is 42.8 Å². The van der Waals surface area contributed by atoms with E-state index in [1.54, 1.807) is 30.3 Å². The number of benzene rings is 2. The summed E-state index contributed by atoms with van der Waals surface area (Å²) in [4.78, 5) is 12.2. The number of unbranched alkanes of at least 4 members (excludes halogenated alkanes) is 1. The monoisotopic (exact) mass is 338 g/mol. The van der Waals surface area contributed by atoms with Crippen LogP contribution in [0.2, 0.25) is 10.0 Å². The molecule has 0 heterocycles. The second-order valence-corrected chi connectivity index (χ2v) is 5.54. The van der Waals surface area contributed by atoms with Crippen molar-refractivity contribution in [2.45, 2.75) is 19.8 Å². The maximum atomic E-state index is 12.2. The summed E-state index contributed by atoms with van der Waals surface area (Å²) in [5.74, 6) is 0.420. The number of ether oxygens (including phenoxy) is 2. The van der Waals surface area contributed by atoms with Gasteiger partial charge in [-0.2, -0.15) is 0 Å². The molecule has 0 radical (unpaired) electrons. The van der Waals surface area contributed by atoms with Crippen LogP contribution in [0.3, 0.4) is 0 Å². The van der Waals surface area contributed by atoms with Crippen LogP contribution in [0.15, 0.2) is 42.5 Å². The third kappa shape index (κ3) is 4.65. The van der Waals surface area contributed by atoms with Crippen molar-refractivity contribution >= 4 is 29.2 Å². The topological polar surface area (TPSA) is 35.5 Å². The second kappa shape index (κ2) is 8.06. The van der Waals surface area contributed by atoms with Crippen molar-refractivity contribution in [3.63, 3.8) is 0 Å². The molecular weight excluding hydrogens is 323 g/mol. The van der Waals surface area contributed by atoms with Crippen LogP contribution in [0.25, 0.3) is 0 Å². The Labute approximate surface area is 139 Å². The standard InChI is InChI=1S/C17H16Cl2O3/c1-2-3-9-21-14-6-4-5-12(10-14)17(20)22-16-8-7-13(18)11-15(16)19/h4-8,10-11H,2-3,9H2,1H3. The smallest absolute Gasteiger partial charge is 0.343 e. The Kier molecular flexibility index (Phi) is 6.10. The Hall–Kier alpha value is -1.71. The lowest BCUT2D eigenvalue weighted by Crippen LogP contribution is -2.09. The van der Waals surface area contributed by atoms with E-state index in [-0.39, 0.29) is 10.8 Å². The molecular formula is C17H16Cl2O3. The molecule has 22 heavy (non-hydrogen) atoms. The predicted octanol–water partition coefficient (Wildman–Crippen LogP) is 5.39. The first-order chi connectivity index (χ1) is 10.6. The fourth-order valence-corrected chi connectivity index (χ4v) is 2.21. The Morgan fingerprint density at radius 2 is 1.95 bits per heavy atom. The van der Waals surface area contributed by atoms with Gasteiger partial charge in [-0.25, -0.2) is 4.79 Å². The molecule has 116 valence electrons. The Morgan fingerprint density at radius 1 is 1.14 bits per heavy atom. The van der Waals surface area contributed by atoms with Gasteiger partial charge in [0.15, 0.2) is 0 Å². The van der Waals surface area contributed by atoms with Crippen molar-refractivity contribution < 1.29 is 14.3 Å². The minimum absolute atomic E-state index is 0.272. The quantitative estimate of drug-likeness (QED) is 0.402. The summed E-state index contributed by atoms with van der Waals surface area (Å²) in [7, 11) is 0. The first-order valence-electron chi connectivity index (χ1n) is 7.00. The van der Waals surface area contributed by atoms with E-state index in [0.29, 0.717) is 22.9 Å². The van der Waals surface area contributed by atoms with E-state index in [1.165, 1.54) is 6.07 Å². The highest BCUT2D eigenvalue weighted by molar-refractivity contribution is 6.35. The average molecular weight is 339 g/mol. The predicted molar refractivity (Wildman–Crippen MR) is 88.3 cm³/mol. The highest BCUT2D eigenvalue weighted by Gasteiger charge is 2.12. The van der Waals surface area contributed by atoms with Gasteiger partial charge >= 0.3 is 5.97 Å². The van der Waals surface area contributed by atoms with E-state index in [1.807, 2.05) is 6.07 Å². The van der Waals surface area contributed by atoms with Gasteiger partial charge < -0.3 is 9.47 Å². The highest BCUT2D eigenvalue weighted by atomic mass is 35.5. The Bertz CT molecular complexity index is 656. The van der Waals surface area contributed by atoms with Gasteiger partial charge in [0, 0.05) is 5.02 Å². The van der Waals surface area contributed by atoms with E-state index in [4.69, 9.17) is 32.7 Å². The van der Waals surface area contributed by atoms with Gasteiger partial charge in [-0.1, -0.05) is 42.6 Å². The molecule has 0 saturated heterocycles. The fraction of sp³-hybridized carbons (Fsp3) is 0.235. The van der Waals surface area contributed by atoms with Crippen LogP contribution in [-0.4, -0.2) is 12.6 Å². The molecule has 0 aromatic heterocycles. The molecule has 2 aromatic rings. The summed E-state index contributed by atoms with van der Waals surface area (Å²) in [6.45, 7) is 2.71. The third-order valence-electron chi connectivity index (χ3n) is 2.93. The number of hydrogen-bond donors (Lipinski definition) is 0. The number of carbonyl (C=O) groups is 1. The summed E-state index contributed by atoms with van der Waals surface area (Å²) in [5, 5.41) is 0.771. The molecule has 0 atom stereocenters. The summed E-state index contributed by atoms with van der Waals surface area (Å²) >= 11 is 11.8. The zero-order chi connectivity index (χ0) is 15.9. The number of halogens is 2. The molecule has 3 nitrogen and oxygen atoms in total. The third-order valence-corrected chi connectivity index (χ3v) is 3.46. The van der Waals surface area contributed by atoms with Crippen molar-refractivity contribution in [1.82, 2.24) is 0 Å². The van der Waals surface area contributed by atoms with Crippen LogP contribution >= 0.6 is 23.2 Å². The number of carbonyl (C=O) groups excluding carboxylic acids is 1. The molecule has 0 amide bonds. The lowest BCUT2D eigenvalue weighted by molar-refractivity contribution is 0.0734. The van der Waals surface area contributed by atoms with Crippen LogP contribution < -0.4 is 9.47 Å². The molecule has 2 rings (SSSR count). The van der Waals surface area contributed by atoms with Crippen molar-refractivity contribution in [2.75, 3.05) is 6.61 Å². The summed E-state index contributed by atoms with van der Waals surface area (Å²) in [5.41, 5.74) is 0.403.